The van der Waals surface area contributed by atoms with Crippen molar-refractivity contribution in [2.24, 2.45) is 5.92 Å². The molecule has 2 aromatic heterocycles. The largest absolute Gasteiger partial charge is 0.387 e. The van der Waals surface area contributed by atoms with Gasteiger partial charge in [0.25, 0.3) is 0 Å². The van der Waals surface area contributed by atoms with Gasteiger partial charge in [-0.05, 0) is 44.0 Å². The minimum atomic E-state index is -0.476. The third-order valence-corrected chi connectivity index (χ3v) is 4.45. The maximum atomic E-state index is 11.4. The number of hydrogen-bond donors (Lipinski definition) is 2. The molecule has 1 atom stereocenters. The number of aliphatic hydroxyl groups is 1. The first-order valence-electron chi connectivity index (χ1n) is 7.79. The first-order valence-corrected chi connectivity index (χ1v) is 7.79. The molecule has 3 rings (SSSR count). The smallest absolute Gasteiger partial charge is 0.325 e. The topological polar surface area (TPSA) is 74.2 Å². The van der Waals surface area contributed by atoms with Crippen molar-refractivity contribution in [3.63, 3.8) is 0 Å². The number of nitrogens with zero attached hydrogens (tertiary/aromatic N) is 3. The minimum Gasteiger partial charge on any atom is -0.387 e. The Bertz CT molecular complexity index is 629. The van der Waals surface area contributed by atoms with Crippen LogP contribution in [0.1, 0.15) is 24.6 Å². The van der Waals surface area contributed by atoms with E-state index in [1.807, 2.05) is 18.2 Å². The van der Waals surface area contributed by atoms with Crippen LogP contribution in [-0.2, 0) is 6.54 Å². The lowest BCUT2D eigenvalue weighted by Gasteiger charge is -2.34. The van der Waals surface area contributed by atoms with Crippen molar-refractivity contribution in [1.82, 2.24) is 19.4 Å². The molecule has 0 spiro atoms. The van der Waals surface area contributed by atoms with Crippen LogP contribution in [0.2, 0.25) is 0 Å². The first kappa shape index (κ1) is 15.0. The van der Waals surface area contributed by atoms with Gasteiger partial charge in [-0.3, -0.25) is 9.55 Å². The van der Waals surface area contributed by atoms with Crippen molar-refractivity contribution in [3.8, 4) is 0 Å². The number of likely N-dealkylation sites (tertiary alicyclic amines) is 1. The van der Waals surface area contributed by atoms with E-state index in [1.54, 1.807) is 23.2 Å². The molecule has 0 aliphatic carbocycles. The Morgan fingerprint density at radius 3 is 2.77 bits per heavy atom. The monoisotopic (exact) mass is 302 g/mol. The number of aromatic amines is 1. The lowest BCUT2D eigenvalue weighted by molar-refractivity contribution is 0.0551. The molecule has 22 heavy (non-hydrogen) atoms. The number of imidazole rings is 1. The van der Waals surface area contributed by atoms with Crippen molar-refractivity contribution in [2.75, 3.05) is 19.6 Å². The fourth-order valence-corrected chi connectivity index (χ4v) is 3.06. The fourth-order valence-electron chi connectivity index (χ4n) is 3.06. The van der Waals surface area contributed by atoms with Crippen LogP contribution in [0.3, 0.4) is 0 Å². The molecule has 0 radical (unpaired) electrons. The standard InChI is InChI=1S/C16H22N4O2/c21-15(14-3-1-2-6-17-14)13-4-8-19(9-5-13)11-12-20-10-7-18-16(20)22/h1-3,6-7,10,13,15,21H,4-5,8-9,11-12H2,(H,18,22)/t15-/m0/s1. The zero-order valence-electron chi connectivity index (χ0n) is 12.6. The highest BCUT2D eigenvalue weighted by Crippen LogP contribution is 2.29. The summed E-state index contributed by atoms with van der Waals surface area (Å²) in [7, 11) is 0. The Morgan fingerprint density at radius 2 is 2.14 bits per heavy atom. The molecule has 1 saturated heterocycles. The molecule has 6 nitrogen and oxygen atoms in total. The lowest BCUT2D eigenvalue weighted by Crippen LogP contribution is -2.38. The molecule has 1 fully saturated rings. The molecule has 3 heterocycles. The van der Waals surface area contributed by atoms with Crippen LogP contribution in [-0.4, -0.2) is 44.2 Å². The highest BCUT2D eigenvalue weighted by atomic mass is 16.3. The van der Waals surface area contributed by atoms with Crippen LogP contribution in [0.4, 0.5) is 0 Å². The van der Waals surface area contributed by atoms with Gasteiger partial charge in [-0.25, -0.2) is 4.79 Å². The molecule has 1 aliphatic rings. The van der Waals surface area contributed by atoms with Crippen LogP contribution in [0.5, 0.6) is 0 Å². The average molecular weight is 302 g/mol. The third kappa shape index (κ3) is 3.45. The summed E-state index contributed by atoms with van der Waals surface area (Å²) in [4.78, 5) is 20.7. The summed E-state index contributed by atoms with van der Waals surface area (Å²) in [5.74, 6) is 0.265. The van der Waals surface area contributed by atoms with Crippen LogP contribution in [0.25, 0.3) is 0 Å². The van der Waals surface area contributed by atoms with Gasteiger partial charge in [0.1, 0.15) is 0 Å². The normalized spacial score (nSPS) is 18.4. The van der Waals surface area contributed by atoms with Gasteiger partial charge in [-0.15, -0.1) is 0 Å². The molecule has 6 heteroatoms. The number of piperidine rings is 1. The van der Waals surface area contributed by atoms with Crippen molar-refractivity contribution in [1.29, 1.82) is 0 Å². The maximum Gasteiger partial charge on any atom is 0.325 e. The molecule has 0 aromatic carbocycles. The van der Waals surface area contributed by atoms with Crippen LogP contribution >= 0.6 is 0 Å². The molecule has 0 bridgehead atoms. The fraction of sp³-hybridized carbons (Fsp3) is 0.500. The predicted octanol–water partition coefficient (Wildman–Crippen LogP) is 1.02. The minimum absolute atomic E-state index is 0.0551. The van der Waals surface area contributed by atoms with E-state index in [0.717, 1.165) is 38.2 Å². The number of nitrogens with one attached hydrogen (secondary N) is 1. The Balaban J connectivity index is 1.48. The second kappa shape index (κ2) is 6.89. The number of pyridine rings is 1. The number of rotatable bonds is 5. The van der Waals surface area contributed by atoms with E-state index >= 15 is 0 Å². The van der Waals surface area contributed by atoms with E-state index in [-0.39, 0.29) is 11.6 Å². The Hall–Kier alpha value is -1.92. The zero-order valence-corrected chi connectivity index (χ0v) is 12.6. The Morgan fingerprint density at radius 1 is 1.32 bits per heavy atom. The summed E-state index contributed by atoms with van der Waals surface area (Å²) in [6.45, 7) is 3.47. The van der Waals surface area contributed by atoms with E-state index in [0.29, 0.717) is 6.54 Å². The van der Waals surface area contributed by atoms with Gasteiger partial charge in [-0.2, -0.15) is 0 Å². The number of H-pyrrole nitrogens is 1. The third-order valence-electron chi connectivity index (χ3n) is 4.45. The molecular formula is C16H22N4O2. The van der Waals surface area contributed by atoms with Gasteiger partial charge < -0.3 is 15.0 Å². The average Bonchev–Trinajstić information content (AvgIpc) is 2.99. The van der Waals surface area contributed by atoms with Crippen LogP contribution in [0.15, 0.2) is 41.6 Å². The summed E-state index contributed by atoms with van der Waals surface area (Å²) in [6, 6.07) is 5.66. The SMILES string of the molecule is O=c1[nH]ccn1CCN1CCC([C@H](O)c2ccccn2)CC1. The van der Waals surface area contributed by atoms with Crippen molar-refractivity contribution in [2.45, 2.75) is 25.5 Å². The van der Waals surface area contributed by atoms with Crippen LogP contribution < -0.4 is 5.69 Å². The summed E-state index contributed by atoms with van der Waals surface area (Å²) in [5, 5.41) is 10.4. The van der Waals surface area contributed by atoms with Crippen LogP contribution in [0, 0.1) is 5.92 Å². The Labute approximate surface area is 129 Å². The predicted molar refractivity (Wildman–Crippen MR) is 83.4 cm³/mol. The summed E-state index contributed by atoms with van der Waals surface area (Å²) < 4.78 is 1.69. The van der Waals surface area contributed by atoms with Crippen molar-refractivity contribution < 1.29 is 5.11 Å². The molecule has 0 unspecified atom stereocenters. The van der Waals surface area contributed by atoms with Crippen molar-refractivity contribution >= 4 is 0 Å². The van der Waals surface area contributed by atoms with Crippen molar-refractivity contribution in [3.05, 3.63) is 53.0 Å². The number of aromatic nitrogens is 3. The maximum absolute atomic E-state index is 11.4. The summed E-state index contributed by atoms with van der Waals surface area (Å²) >= 11 is 0. The van der Waals surface area contributed by atoms with E-state index in [4.69, 9.17) is 0 Å². The number of aliphatic hydroxyl groups excluding tert-OH is 1. The second-order valence-corrected chi connectivity index (χ2v) is 5.84. The van der Waals surface area contributed by atoms with E-state index in [2.05, 4.69) is 14.9 Å². The molecule has 1 aliphatic heterocycles. The molecule has 2 N–H and O–H groups in total. The molecule has 2 aromatic rings. The van der Waals surface area contributed by atoms with Gasteiger partial charge >= 0.3 is 5.69 Å². The van der Waals surface area contributed by atoms with Gasteiger partial charge in [0.15, 0.2) is 0 Å². The first-order chi connectivity index (χ1) is 10.7. The highest BCUT2D eigenvalue weighted by molar-refractivity contribution is 5.08. The lowest BCUT2D eigenvalue weighted by atomic mass is 9.89. The second-order valence-electron chi connectivity index (χ2n) is 5.84. The molecule has 118 valence electrons. The summed E-state index contributed by atoms with van der Waals surface area (Å²) in [5.41, 5.74) is 0.709. The van der Waals surface area contributed by atoms with Gasteiger partial charge in [0.2, 0.25) is 0 Å². The quantitative estimate of drug-likeness (QED) is 0.865. The van der Waals surface area contributed by atoms with Gasteiger partial charge in [0, 0.05) is 31.7 Å². The zero-order chi connectivity index (χ0) is 15.4. The summed E-state index contributed by atoms with van der Waals surface area (Å²) in [6.07, 6.45) is 6.61. The Kier molecular flexibility index (Phi) is 4.70. The van der Waals surface area contributed by atoms with E-state index in [9.17, 15) is 9.90 Å². The van der Waals surface area contributed by atoms with Gasteiger partial charge in [0.05, 0.1) is 11.8 Å². The number of hydrogen-bond acceptors (Lipinski definition) is 4. The molecular weight excluding hydrogens is 280 g/mol. The highest BCUT2D eigenvalue weighted by Gasteiger charge is 2.26. The molecule has 0 saturated carbocycles. The van der Waals surface area contributed by atoms with E-state index < -0.39 is 6.10 Å². The van der Waals surface area contributed by atoms with Gasteiger partial charge in [-0.1, -0.05) is 6.07 Å². The molecule has 0 amide bonds. The van der Waals surface area contributed by atoms with E-state index in [1.165, 1.54) is 0 Å².